The summed E-state index contributed by atoms with van der Waals surface area (Å²) in [6.45, 7) is -0.398. The molecule has 0 unspecified atom stereocenters. The lowest BCUT2D eigenvalue weighted by Crippen LogP contribution is -2.20. The molecule has 7 heteroatoms. The molecule has 23 heavy (non-hydrogen) atoms. The number of hydrogen-bond donors (Lipinski definition) is 1. The van der Waals surface area contributed by atoms with Crippen molar-refractivity contribution in [3.05, 3.63) is 65.3 Å². The van der Waals surface area contributed by atoms with Crippen molar-refractivity contribution in [1.29, 1.82) is 0 Å². The smallest absolute Gasteiger partial charge is 0.331 e. The van der Waals surface area contributed by atoms with Crippen molar-refractivity contribution >= 4 is 40.9 Å². The van der Waals surface area contributed by atoms with Crippen molar-refractivity contribution in [2.75, 3.05) is 11.9 Å². The third-order valence-corrected chi connectivity index (χ3v) is 3.65. The maximum atomic E-state index is 11.7. The quantitative estimate of drug-likeness (QED) is 0.374. The molecule has 0 saturated carbocycles. The van der Waals surface area contributed by atoms with E-state index >= 15 is 0 Å². The van der Waals surface area contributed by atoms with Gasteiger partial charge in [0.25, 0.3) is 5.91 Å². The van der Waals surface area contributed by atoms with E-state index in [0.717, 1.165) is 4.90 Å². The number of ether oxygens (including phenoxy) is 1. The summed E-state index contributed by atoms with van der Waals surface area (Å²) in [7, 11) is 0. The number of nitrogens with one attached hydrogen (secondary N) is 1. The van der Waals surface area contributed by atoms with E-state index in [4.69, 9.17) is 16.3 Å². The van der Waals surface area contributed by atoms with E-state index in [-0.39, 0.29) is 5.15 Å². The minimum atomic E-state index is -0.596. The summed E-state index contributed by atoms with van der Waals surface area (Å²) >= 11 is 7.19. The van der Waals surface area contributed by atoms with Gasteiger partial charge in [-0.15, -0.1) is 0 Å². The molecule has 0 spiro atoms. The van der Waals surface area contributed by atoms with Crippen molar-refractivity contribution in [3.8, 4) is 0 Å². The summed E-state index contributed by atoms with van der Waals surface area (Å²) in [5, 5.41) is 4.28. The number of carbonyl (C=O) groups excluding carboxylic acids is 2. The Morgan fingerprint density at radius 2 is 2.00 bits per heavy atom. The largest absolute Gasteiger partial charge is 0.452 e. The van der Waals surface area contributed by atoms with Crippen LogP contribution in [0.1, 0.15) is 0 Å². The number of nitrogens with zero attached hydrogens (tertiary/aromatic N) is 1. The number of carbonyl (C=O) groups is 2. The number of halogens is 1. The zero-order chi connectivity index (χ0) is 16.5. The van der Waals surface area contributed by atoms with Gasteiger partial charge in [0.05, 0.1) is 5.69 Å². The highest BCUT2D eigenvalue weighted by Crippen LogP contribution is 2.18. The van der Waals surface area contributed by atoms with Gasteiger partial charge in [0.2, 0.25) is 0 Å². The minimum absolute atomic E-state index is 0.173. The first-order valence-electron chi connectivity index (χ1n) is 6.60. The molecule has 1 aromatic heterocycles. The van der Waals surface area contributed by atoms with Gasteiger partial charge in [0, 0.05) is 17.2 Å². The Morgan fingerprint density at radius 3 is 2.74 bits per heavy atom. The molecule has 1 amide bonds. The Bertz CT molecular complexity index is 707. The Labute approximate surface area is 142 Å². The maximum absolute atomic E-state index is 11.7. The van der Waals surface area contributed by atoms with Crippen molar-refractivity contribution in [2.45, 2.75) is 4.90 Å². The van der Waals surface area contributed by atoms with Crippen LogP contribution in [0.5, 0.6) is 0 Å². The fourth-order valence-electron chi connectivity index (χ4n) is 1.52. The minimum Gasteiger partial charge on any atom is -0.452 e. The lowest BCUT2D eigenvalue weighted by Gasteiger charge is -2.06. The van der Waals surface area contributed by atoms with Crippen molar-refractivity contribution in [1.82, 2.24) is 4.98 Å². The molecular formula is C16H13ClN2O3S. The van der Waals surface area contributed by atoms with Gasteiger partial charge < -0.3 is 10.1 Å². The standard InChI is InChI=1S/C16H13ClN2O3S/c17-16-13(7-4-9-18-16)19-14(20)11-22-15(21)8-10-23-12-5-2-1-3-6-12/h1-10H,11H2,(H,19,20)/b10-8+. The Morgan fingerprint density at radius 1 is 1.22 bits per heavy atom. The third kappa shape index (κ3) is 6.14. The van der Waals surface area contributed by atoms with Crippen LogP contribution >= 0.6 is 23.4 Å². The highest BCUT2D eigenvalue weighted by Gasteiger charge is 2.08. The van der Waals surface area contributed by atoms with E-state index in [2.05, 4.69) is 10.3 Å². The van der Waals surface area contributed by atoms with E-state index in [1.54, 1.807) is 17.5 Å². The number of anilines is 1. The monoisotopic (exact) mass is 348 g/mol. The molecule has 0 aliphatic carbocycles. The van der Waals surface area contributed by atoms with Crippen LogP contribution in [0.4, 0.5) is 5.69 Å². The number of amides is 1. The van der Waals surface area contributed by atoms with Crippen LogP contribution in [0.3, 0.4) is 0 Å². The molecule has 0 atom stereocenters. The van der Waals surface area contributed by atoms with Gasteiger partial charge in [-0.3, -0.25) is 4.79 Å². The first-order chi connectivity index (χ1) is 11.1. The van der Waals surface area contributed by atoms with Crippen LogP contribution in [0.2, 0.25) is 5.15 Å². The molecule has 2 rings (SSSR count). The number of pyridine rings is 1. The Hall–Kier alpha value is -2.31. The second kappa shape index (κ2) is 8.97. The molecule has 0 aliphatic heterocycles. The van der Waals surface area contributed by atoms with Gasteiger partial charge in [-0.2, -0.15) is 0 Å². The number of thioether (sulfide) groups is 1. The van der Waals surface area contributed by atoms with Crippen LogP contribution in [0, 0.1) is 0 Å². The molecule has 0 bridgehead atoms. The topological polar surface area (TPSA) is 68.3 Å². The van der Waals surface area contributed by atoms with E-state index in [0.29, 0.717) is 5.69 Å². The SMILES string of the molecule is O=C(COC(=O)/C=C/Sc1ccccc1)Nc1cccnc1Cl. The second-order valence-corrected chi connectivity index (χ2v) is 5.57. The highest BCUT2D eigenvalue weighted by atomic mass is 35.5. The molecule has 0 radical (unpaired) electrons. The summed E-state index contributed by atoms with van der Waals surface area (Å²) in [5.74, 6) is -1.08. The molecule has 1 N–H and O–H groups in total. The molecule has 118 valence electrons. The van der Waals surface area contributed by atoms with Crippen LogP contribution in [-0.4, -0.2) is 23.5 Å². The van der Waals surface area contributed by atoms with Crippen LogP contribution in [0.15, 0.2) is 65.0 Å². The summed E-state index contributed by atoms with van der Waals surface area (Å²) in [6, 6.07) is 12.8. The van der Waals surface area contributed by atoms with E-state index in [9.17, 15) is 9.59 Å². The molecule has 1 aromatic carbocycles. The Kier molecular flexibility index (Phi) is 6.65. The number of aromatic nitrogens is 1. The molecule has 1 heterocycles. The predicted octanol–water partition coefficient (Wildman–Crippen LogP) is 3.52. The summed E-state index contributed by atoms with van der Waals surface area (Å²) < 4.78 is 4.84. The van der Waals surface area contributed by atoms with Crippen LogP contribution in [-0.2, 0) is 14.3 Å². The average Bonchev–Trinajstić information content (AvgIpc) is 2.56. The number of esters is 1. The third-order valence-electron chi connectivity index (χ3n) is 2.53. The number of rotatable bonds is 6. The number of hydrogen-bond acceptors (Lipinski definition) is 5. The van der Waals surface area contributed by atoms with E-state index < -0.39 is 18.5 Å². The summed E-state index contributed by atoms with van der Waals surface area (Å²) in [6.07, 6.45) is 2.77. The lowest BCUT2D eigenvalue weighted by molar-refractivity contribution is -0.142. The summed E-state index contributed by atoms with van der Waals surface area (Å²) in [5.41, 5.74) is 0.366. The normalized spacial score (nSPS) is 10.5. The average molecular weight is 349 g/mol. The first kappa shape index (κ1) is 17.1. The van der Waals surface area contributed by atoms with Crippen molar-refractivity contribution in [2.24, 2.45) is 0 Å². The maximum Gasteiger partial charge on any atom is 0.331 e. The Balaban J connectivity index is 1.73. The molecule has 0 saturated heterocycles. The van der Waals surface area contributed by atoms with E-state index in [1.165, 1.54) is 24.0 Å². The molecule has 0 aliphatic rings. The van der Waals surface area contributed by atoms with E-state index in [1.807, 2.05) is 30.3 Å². The van der Waals surface area contributed by atoms with Gasteiger partial charge in [0.1, 0.15) is 0 Å². The number of benzene rings is 1. The fraction of sp³-hybridized carbons (Fsp3) is 0.0625. The molecule has 0 fully saturated rings. The molecule has 2 aromatic rings. The van der Waals surface area contributed by atoms with Crippen molar-refractivity contribution < 1.29 is 14.3 Å². The lowest BCUT2D eigenvalue weighted by atomic mass is 10.4. The van der Waals surface area contributed by atoms with Gasteiger partial charge in [-0.25, -0.2) is 9.78 Å². The van der Waals surface area contributed by atoms with Crippen LogP contribution in [0.25, 0.3) is 0 Å². The predicted molar refractivity (Wildman–Crippen MR) is 90.3 cm³/mol. The summed E-state index contributed by atoms with van der Waals surface area (Å²) in [4.78, 5) is 28.0. The fourth-order valence-corrected chi connectivity index (χ4v) is 2.33. The van der Waals surface area contributed by atoms with Crippen molar-refractivity contribution in [3.63, 3.8) is 0 Å². The highest BCUT2D eigenvalue weighted by molar-refractivity contribution is 8.02. The van der Waals surface area contributed by atoms with Gasteiger partial charge in [-0.05, 0) is 29.7 Å². The molecular weight excluding hydrogens is 336 g/mol. The zero-order valence-corrected chi connectivity index (χ0v) is 13.5. The van der Waals surface area contributed by atoms with Crippen LogP contribution < -0.4 is 5.32 Å². The zero-order valence-electron chi connectivity index (χ0n) is 11.9. The first-order valence-corrected chi connectivity index (χ1v) is 7.86. The second-order valence-electron chi connectivity index (χ2n) is 4.23. The van der Waals surface area contributed by atoms with Gasteiger partial charge in [-0.1, -0.05) is 41.6 Å². The van der Waals surface area contributed by atoms with Gasteiger partial charge >= 0.3 is 5.97 Å². The van der Waals surface area contributed by atoms with Gasteiger partial charge in [0.15, 0.2) is 11.8 Å². The molecule has 5 nitrogen and oxygen atoms in total.